The van der Waals surface area contributed by atoms with Crippen LogP contribution in [0.3, 0.4) is 0 Å². The molecule has 31 heavy (non-hydrogen) atoms. The Morgan fingerprint density at radius 1 is 1.32 bits per heavy atom. The number of thiophene rings is 1. The van der Waals surface area contributed by atoms with Crippen molar-refractivity contribution in [3.63, 3.8) is 0 Å². The molecule has 4 rings (SSSR count). The molecule has 0 saturated carbocycles. The zero-order chi connectivity index (χ0) is 22.0. The Morgan fingerprint density at radius 2 is 2.16 bits per heavy atom. The van der Waals surface area contributed by atoms with Crippen molar-refractivity contribution in [2.45, 2.75) is 37.2 Å². The molecule has 0 radical (unpaired) electrons. The van der Waals surface area contributed by atoms with Crippen molar-refractivity contribution >= 4 is 54.9 Å². The molecule has 0 unspecified atom stereocenters. The van der Waals surface area contributed by atoms with Gasteiger partial charge in [-0.3, -0.25) is 9.59 Å². The first-order valence-electron chi connectivity index (χ1n) is 9.79. The van der Waals surface area contributed by atoms with Gasteiger partial charge in [-0.2, -0.15) is 11.8 Å². The van der Waals surface area contributed by atoms with E-state index in [9.17, 15) is 18.0 Å². The van der Waals surface area contributed by atoms with E-state index in [0.29, 0.717) is 28.6 Å². The number of hydrogen-bond donors (Lipinski definition) is 3. The number of sulfonamides is 1. The van der Waals surface area contributed by atoms with Crippen LogP contribution in [0.25, 0.3) is 10.2 Å². The Morgan fingerprint density at radius 3 is 2.97 bits per heavy atom. The molecular formula is C20H22N4O4S3. The van der Waals surface area contributed by atoms with Crippen molar-refractivity contribution < 1.29 is 13.2 Å². The molecule has 8 nitrogen and oxygen atoms in total. The van der Waals surface area contributed by atoms with Crippen LogP contribution in [-0.4, -0.2) is 30.0 Å². The summed E-state index contributed by atoms with van der Waals surface area (Å²) in [6, 6.07) is 6.60. The number of nitrogens with zero attached hydrogens (tertiary/aromatic N) is 1. The minimum Gasteiger partial charge on any atom is -0.326 e. The maximum Gasteiger partial charge on any atom is 0.259 e. The van der Waals surface area contributed by atoms with Crippen LogP contribution in [-0.2, 0) is 39.2 Å². The zero-order valence-electron chi connectivity index (χ0n) is 16.6. The summed E-state index contributed by atoms with van der Waals surface area (Å²) in [5, 5.41) is 8.57. The van der Waals surface area contributed by atoms with Gasteiger partial charge in [0, 0.05) is 22.7 Å². The predicted octanol–water partition coefficient (Wildman–Crippen LogP) is 2.52. The highest BCUT2D eigenvalue weighted by molar-refractivity contribution is 7.98. The third-order valence-electron chi connectivity index (χ3n) is 4.91. The summed E-state index contributed by atoms with van der Waals surface area (Å²) >= 11 is 3.13. The highest BCUT2D eigenvalue weighted by atomic mass is 32.2. The van der Waals surface area contributed by atoms with E-state index in [1.165, 1.54) is 16.6 Å². The molecule has 0 bridgehead atoms. The minimum atomic E-state index is -3.63. The highest BCUT2D eigenvalue weighted by Gasteiger charge is 2.21. The normalized spacial score (nSPS) is 13.5. The van der Waals surface area contributed by atoms with Crippen LogP contribution in [0.1, 0.15) is 34.7 Å². The summed E-state index contributed by atoms with van der Waals surface area (Å²) in [5.74, 6) is 1.25. The van der Waals surface area contributed by atoms with Crippen LogP contribution in [0.15, 0.2) is 29.1 Å². The van der Waals surface area contributed by atoms with Crippen LogP contribution in [0.4, 0.5) is 5.69 Å². The molecule has 1 aliphatic rings. The van der Waals surface area contributed by atoms with Gasteiger partial charge in [0.2, 0.25) is 15.9 Å². The second-order valence-electron chi connectivity index (χ2n) is 7.41. The number of fused-ring (bicyclic) bond motifs is 3. The molecule has 11 heteroatoms. The number of anilines is 1. The number of benzene rings is 1. The summed E-state index contributed by atoms with van der Waals surface area (Å²) in [5.41, 5.74) is 2.13. The quantitative estimate of drug-likeness (QED) is 0.426. The second-order valence-corrected chi connectivity index (χ2v) is 11.2. The van der Waals surface area contributed by atoms with Gasteiger partial charge < -0.3 is 10.3 Å². The first-order chi connectivity index (χ1) is 14.8. The largest absolute Gasteiger partial charge is 0.326 e. The molecule has 0 spiro atoms. The van der Waals surface area contributed by atoms with Crippen molar-refractivity contribution in [3.05, 3.63) is 56.4 Å². The number of amides is 1. The minimum absolute atomic E-state index is 0.0721. The fraction of sp³-hybridized carbons (Fsp3) is 0.350. The molecular weight excluding hydrogens is 456 g/mol. The van der Waals surface area contributed by atoms with Crippen molar-refractivity contribution in [2.24, 2.45) is 5.14 Å². The van der Waals surface area contributed by atoms with E-state index in [4.69, 9.17) is 5.14 Å². The topological polar surface area (TPSA) is 135 Å². The Bertz CT molecular complexity index is 1300. The average Bonchev–Trinajstić information content (AvgIpc) is 3.25. The number of aromatic amines is 1. The molecule has 164 valence electrons. The van der Waals surface area contributed by atoms with Crippen LogP contribution in [0.5, 0.6) is 0 Å². The number of thioether (sulfide) groups is 1. The molecule has 0 atom stereocenters. The molecule has 0 aliphatic heterocycles. The molecule has 0 saturated heterocycles. The first-order valence-corrected chi connectivity index (χ1v) is 13.5. The number of carbonyl (C=O) groups is 1. The number of carbonyl (C=O) groups excluding carboxylic acids is 1. The van der Waals surface area contributed by atoms with E-state index >= 15 is 0 Å². The van der Waals surface area contributed by atoms with E-state index in [2.05, 4.69) is 15.3 Å². The van der Waals surface area contributed by atoms with Gasteiger partial charge in [0.05, 0.1) is 16.9 Å². The molecule has 2 aromatic heterocycles. The molecule has 1 aromatic carbocycles. The zero-order valence-corrected chi connectivity index (χ0v) is 19.1. The van der Waals surface area contributed by atoms with E-state index in [-0.39, 0.29) is 23.6 Å². The molecule has 4 N–H and O–H groups in total. The average molecular weight is 479 g/mol. The maximum absolute atomic E-state index is 12.5. The summed E-state index contributed by atoms with van der Waals surface area (Å²) < 4.78 is 22.4. The summed E-state index contributed by atoms with van der Waals surface area (Å²) in [4.78, 5) is 34.2. The van der Waals surface area contributed by atoms with Gasteiger partial charge in [0.15, 0.2) is 0 Å². The Labute approximate surface area is 187 Å². The monoisotopic (exact) mass is 478 g/mol. The van der Waals surface area contributed by atoms with Crippen molar-refractivity contribution in [2.75, 3.05) is 11.1 Å². The third kappa shape index (κ3) is 5.53. The lowest BCUT2D eigenvalue weighted by Crippen LogP contribution is -2.15. The number of hydrogen-bond acceptors (Lipinski definition) is 7. The summed E-state index contributed by atoms with van der Waals surface area (Å²) in [6.07, 6.45) is 3.37. The number of nitrogens with one attached hydrogen (secondary N) is 2. The number of aryl methyl sites for hydroxylation is 2. The molecule has 1 aliphatic carbocycles. The number of rotatable bonds is 8. The van der Waals surface area contributed by atoms with Crippen molar-refractivity contribution in [1.29, 1.82) is 0 Å². The smallest absolute Gasteiger partial charge is 0.259 e. The Kier molecular flexibility index (Phi) is 6.47. The van der Waals surface area contributed by atoms with Gasteiger partial charge in [-0.05, 0) is 42.5 Å². The van der Waals surface area contributed by atoms with Gasteiger partial charge in [-0.15, -0.1) is 11.3 Å². The second kappa shape index (κ2) is 9.11. The van der Waals surface area contributed by atoms with E-state index in [1.807, 2.05) is 0 Å². The molecule has 2 heterocycles. The number of aromatic nitrogens is 2. The van der Waals surface area contributed by atoms with Crippen LogP contribution >= 0.6 is 23.1 Å². The summed E-state index contributed by atoms with van der Waals surface area (Å²) in [6.45, 7) is 0. The molecule has 0 fully saturated rings. The van der Waals surface area contributed by atoms with Crippen molar-refractivity contribution in [1.82, 2.24) is 9.97 Å². The van der Waals surface area contributed by atoms with E-state index in [1.54, 1.807) is 35.6 Å². The number of primary sulfonamides is 1. The van der Waals surface area contributed by atoms with Gasteiger partial charge in [0.1, 0.15) is 10.7 Å². The van der Waals surface area contributed by atoms with Crippen molar-refractivity contribution in [3.8, 4) is 0 Å². The van der Waals surface area contributed by atoms with Crippen LogP contribution in [0, 0.1) is 0 Å². The highest BCUT2D eigenvalue weighted by Crippen LogP contribution is 2.34. The van der Waals surface area contributed by atoms with Crippen LogP contribution in [0.2, 0.25) is 0 Å². The van der Waals surface area contributed by atoms with Gasteiger partial charge in [-0.1, -0.05) is 12.1 Å². The lowest BCUT2D eigenvalue weighted by atomic mass is 10.2. The van der Waals surface area contributed by atoms with Crippen LogP contribution < -0.4 is 16.0 Å². The molecule has 1 amide bonds. The third-order valence-corrected chi connectivity index (χ3v) is 7.81. The fourth-order valence-corrected chi connectivity index (χ4v) is 6.37. The Hall–Kier alpha value is -2.21. The Balaban J connectivity index is 1.29. The van der Waals surface area contributed by atoms with E-state index in [0.717, 1.165) is 35.0 Å². The van der Waals surface area contributed by atoms with Gasteiger partial charge >= 0.3 is 0 Å². The SMILES string of the molecule is NS(=O)(=O)Cc1cccc(NC(=O)CCSCc2nc3sc4c(c3c(=O)[nH]2)CCC4)c1. The standard InChI is InChI=1S/C20H22N4O4S3/c21-31(27,28)11-12-3-1-4-13(9-12)22-17(25)7-8-29-10-16-23-19(26)18-14-5-2-6-15(14)30-20(18)24-16/h1,3-4,9H,2,5-8,10-11H2,(H,22,25)(H2,21,27,28)(H,23,24,26). The first kappa shape index (κ1) is 22.0. The number of nitrogens with two attached hydrogens (primary N) is 1. The van der Waals surface area contributed by atoms with Gasteiger partial charge in [-0.25, -0.2) is 18.5 Å². The number of H-pyrrole nitrogens is 1. The lowest BCUT2D eigenvalue weighted by molar-refractivity contribution is -0.115. The maximum atomic E-state index is 12.5. The molecule has 3 aromatic rings. The fourth-order valence-electron chi connectivity index (χ4n) is 3.64. The lowest BCUT2D eigenvalue weighted by Gasteiger charge is -2.07. The van der Waals surface area contributed by atoms with E-state index < -0.39 is 10.0 Å². The predicted molar refractivity (Wildman–Crippen MR) is 125 cm³/mol. The summed E-state index contributed by atoms with van der Waals surface area (Å²) in [7, 11) is -3.63. The van der Waals surface area contributed by atoms with Gasteiger partial charge in [0.25, 0.3) is 5.56 Å².